The van der Waals surface area contributed by atoms with Crippen molar-refractivity contribution in [2.75, 3.05) is 52.6 Å². The van der Waals surface area contributed by atoms with E-state index in [4.69, 9.17) is 9.47 Å². The van der Waals surface area contributed by atoms with Crippen molar-refractivity contribution in [1.29, 1.82) is 0 Å². The van der Waals surface area contributed by atoms with Crippen LogP contribution in [0.4, 0.5) is 0 Å². The first-order valence-electron chi connectivity index (χ1n) is 9.28. The molecule has 26 heavy (non-hydrogen) atoms. The van der Waals surface area contributed by atoms with Crippen molar-refractivity contribution < 1.29 is 9.47 Å². The predicted molar refractivity (Wildman–Crippen MR) is 101 cm³/mol. The molecule has 140 valence electrons. The summed E-state index contributed by atoms with van der Waals surface area (Å²) >= 11 is 0. The number of rotatable bonds is 4. The van der Waals surface area contributed by atoms with Gasteiger partial charge in [-0.3, -0.25) is 19.8 Å². The summed E-state index contributed by atoms with van der Waals surface area (Å²) in [5.41, 5.74) is 2.45. The SMILES string of the molecule is c1cncc(CN2CCOCCN(Cc3cccnc3)CCOCC2)c1. The van der Waals surface area contributed by atoms with Crippen LogP contribution in [0.5, 0.6) is 0 Å². The van der Waals surface area contributed by atoms with Gasteiger partial charge in [0.2, 0.25) is 0 Å². The van der Waals surface area contributed by atoms with Crippen LogP contribution in [-0.2, 0) is 22.6 Å². The molecule has 0 aromatic carbocycles. The zero-order chi connectivity index (χ0) is 17.9. The van der Waals surface area contributed by atoms with Crippen LogP contribution in [0.25, 0.3) is 0 Å². The highest BCUT2D eigenvalue weighted by Crippen LogP contribution is 2.05. The van der Waals surface area contributed by atoms with Crippen LogP contribution >= 0.6 is 0 Å². The van der Waals surface area contributed by atoms with Crippen LogP contribution in [0, 0.1) is 0 Å². The van der Waals surface area contributed by atoms with Gasteiger partial charge in [0.25, 0.3) is 0 Å². The summed E-state index contributed by atoms with van der Waals surface area (Å²) in [5, 5.41) is 0. The Morgan fingerprint density at radius 2 is 1.12 bits per heavy atom. The molecule has 6 nitrogen and oxygen atoms in total. The molecule has 6 heteroatoms. The highest BCUT2D eigenvalue weighted by Gasteiger charge is 2.10. The Morgan fingerprint density at radius 1 is 0.692 bits per heavy atom. The largest absolute Gasteiger partial charge is 0.379 e. The molecule has 2 aromatic heterocycles. The summed E-state index contributed by atoms with van der Waals surface area (Å²) in [7, 11) is 0. The molecule has 1 aliphatic heterocycles. The van der Waals surface area contributed by atoms with Crippen LogP contribution in [0.15, 0.2) is 49.1 Å². The zero-order valence-corrected chi connectivity index (χ0v) is 15.3. The van der Waals surface area contributed by atoms with Crippen molar-refractivity contribution in [2.24, 2.45) is 0 Å². The molecule has 0 unspecified atom stereocenters. The smallest absolute Gasteiger partial charge is 0.0594 e. The van der Waals surface area contributed by atoms with E-state index in [1.165, 1.54) is 11.1 Å². The van der Waals surface area contributed by atoms with Crippen molar-refractivity contribution in [1.82, 2.24) is 19.8 Å². The van der Waals surface area contributed by atoms with Gasteiger partial charge in [-0.15, -0.1) is 0 Å². The van der Waals surface area contributed by atoms with Gasteiger partial charge in [-0.25, -0.2) is 0 Å². The monoisotopic (exact) mass is 356 g/mol. The molecule has 1 saturated heterocycles. The molecular weight excluding hydrogens is 328 g/mol. The second-order valence-corrected chi connectivity index (χ2v) is 6.50. The van der Waals surface area contributed by atoms with Crippen molar-refractivity contribution in [3.63, 3.8) is 0 Å². The number of nitrogens with zero attached hydrogens (tertiary/aromatic N) is 4. The summed E-state index contributed by atoms with van der Waals surface area (Å²) in [6.07, 6.45) is 7.47. The van der Waals surface area contributed by atoms with Gasteiger partial charge in [0.05, 0.1) is 26.4 Å². The number of ether oxygens (including phenoxy) is 2. The van der Waals surface area contributed by atoms with E-state index < -0.39 is 0 Å². The molecule has 1 fully saturated rings. The van der Waals surface area contributed by atoms with Crippen LogP contribution in [0.2, 0.25) is 0 Å². The Kier molecular flexibility index (Phi) is 7.99. The van der Waals surface area contributed by atoms with Gasteiger partial charge in [0, 0.05) is 64.1 Å². The van der Waals surface area contributed by atoms with Crippen LogP contribution in [0.1, 0.15) is 11.1 Å². The topological polar surface area (TPSA) is 50.7 Å². The van der Waals surface area contributed by atoms with Crippen LogP contribution in [-0.4, -0.2) is 72.4 Å². The fourth-order valence-electron chi connectivity index (χ4n) is 3.02. The van der Waals surface area contributed by atoms with Gasteiger partial charge in [0.15, 0.2) is 0 Å². The van der Waals surface area contributed by atoms with E-state index >= 15 is 0 Å². The van der Waals surface area contributed by atoms with Crippen molar-refractivity contribution >= 4 is 0 Å². The Bertz CT molecular complexity index is 544. The lowest BCUT2D eigenvalue weighted by atomic mass is 10.2. The molecule has 0 amide bonds. The van der Waals surface area contributed by atoms with Crippen molar-refractivity contribution in [3.8, 4) is 0 Å². The Hall–Kier alpha value is -1.86. The van der Waals surface area contributed by atoms with Crippen molar-refractivity contribution in [3.05, 3.63) is 60.2 Å². The third-order valence-electron chi connectivity index (χ3n) is 4.47. The molecule has 0 spiro atoms. The van der Waals surface area contributed by atoms with Gasteiger partial charge in [-0.1, -0.05) is 12.1 Å². The molecule has 3 rings (SSSR count). The summed E-state index contributed by atoms with van der Waals surface area (Å²) in [4.78, 5) is 13.1. The fraction of sp³-hybridized carbons (Fsp3) is 0.500. The van der Waals surface area contributed by atoms with E-state index in [1.54, 1.807) is 0 Å². The molecule has 0 bridgehead atoms. The molecule has 0 aliphatic carbocycles. The summed E-state index contributed by atoms with van der Waals surface area (Å²) in [6.45, 7) is 8.33. The predicted octanol–water partition coefficient (Wildman–Crippen LogP) is 1.83. The molecule has 2 aromatic rings. The average molecular weight is 356 g/mol. The molecule has 0 radical (unpaired) electrons. The number of hydrogen-bond acceptors (Lipinski definition) is 6. The standard InChI is InChI=1S/C20H28N4O2/c1-3-19(15-21-5-1)17-23-7-11-25-13-9-24(10-14-26-12-8-23)18-20-4-2-6-22-16-20/h1-6,15-16H,7-14,17-18H2. The van der Waals surface area contributed by atoms with Gasteiger partial charge in [-0.2, -0.15) is 0 Å². The van der Waals surface area contributed by atoms with Gasteiger partial charge in [-0.05, 0) is 23.3 Å². The van der Waals surface area contributed by atoms with E-state index in [1.807, 2.05) is 36.9 Å². The molecular formula is C20H28N4O2. The molecule has 0 saturated carbocycles. The summed E-state index contributed by atoms with van der Waals surface area (Å²) < 4.78 is 11.8. The minimum Gasteiger partial charge on any atom is -0.379 e. The first-order valence-corrected chi connectivity index (χ1v) is 9.28. The highest BCUT2D eigenvalue weighted by molar-refractivity contribution is 5.08. The minimum absolute atomic E-state index is 0.737. The van der Waals surface area contributed by atoms with Gasteiger partial charge in [0.1, 0.15) is 0 Å². The minimum atomic E-state index is 0.737. The average Bonchev–Trinajstić information content (AvgIpc) is 2.67. The number of pyridine rings is 2. The van der Waals surface area contributed by atoms with Crippen LogP contribution < -0.4 is 0 Å². The van der Waals surface area contributed by atoms with Crippen molar-refractivity contribution in [2.45, 2.75) is 13.1 Å². The third kappa shape index (κ3) is 6.80. The Labute approximate surface area is 155 Å². The van der Waals surface area contributed by atoms with E-state index in [9.17, 15) is 0 Å². The molecule has 0 N–H and O–H groups in total. The maximum absolute atomic E-state index is 5.89. The number of aromatic nitrogens is 2. The second kappa shape index (κ2) is 11.0. The van der Waals surface area contributed by atoms with Crippen LogP contribution in [0.3, 0.4) is 0 Å². The van der Waals surface area contributed by atoms with Gasteiger partial charge >= 0.3 is 0 Å². The maximum atomic E-state index is 5.89. The Balaban J connectivity index is 1.46. The fourth-order valence-corrected chi connectivity index (χ4v) is 3.02. The first kappa shape index (κ1) is 18.9. The lowest BCUT2D eigenvalue weighted by Crippen LogP contribution is -2.35. The first-order chi connectivity index (χ1) is 12.9. The third-order valence-corrected chi connectivity index (χ3v) is 4.47. The molecule has 0 atom stereocenters. The van der Waals surface area contributed by atoms with Gasteiger partial charge < -0.3 is 9.47 Å². The molecule has 1 aliphatic rings. The van der Waals surface area contributed by atoms with E-state index in [-0.39, 0.29) is 0 Å². The quantitative estimate of drug-likeness (QED) is 0.833. The highest BCUT2D eigenvalue weighted by atomic mass is 16.5. The van der Waals surface area contributed by atoms with E-state index in [0.717, 1.165) is 65.7 Å². The Morgan fingerprint density at radius 3 is 1.46 bits per heavy atom. The lowest BCUT2D eigenvalue weighted by molar-refractivity contribution is 0.0342. The van der Waals surface area contributed by atoms with E-state index in [2.05, 4.69) is 31.9 Å². The maximum Gasteiger partial charge on any atom is 0.0594 e. The van der Waals surface area contributed by atoms with E-state index in [0.29, 0.717) is 0 Å². The summed E-state index contributed by atoms with van der Waals surface area (Å²) in [6, 6.07) is 8.19. The zero-order valence-electron chi connectivity index (χ0n) is 15.3. The molecule has 3 heterocycles. The lowest BCUT2D eigenvalue weighted by Gasteiger charge is -2.26. The summed E-state index contributed by atoms with van der Waals surface area (Å²) in [5.74, 6) is 0. The second-order valence-electron chi connectivity index (χ2n) is 6.50. The number of hydrogen-bond donors (Lipinski definition) is 0. The normalized spacial score (nSPS) is 18.8.